The van der Waals surface area contributed by atoms with Crippen molar-refractivity contribution < 1.29 is 18.3 Å². The summed E-state index contributed by atoms with van der Waals surface area (Å²) in [5.74, 6) is -0.0101. The summed E-state index contributed by atoms with van der Waals surface area (Å²) in [7, 11) is 0. The Morgan fingerprint density at radius 1 is 1.25 bits per heavy atom. The number of carbonyl (C=O) groups is 2. The van der Waals surface area contributed by atoms with Gasteiger partial charge in [0.1, 0.15) is 25.0 Å². The van der Waals surface area contributed by atoms with E-state index in [-0.39, 0.29) is 35.0 Å². The first kappa shape index (κ1) is 21.4. The Labute approximate surface area is 199 Å². The van der Waals surface area contributed by atoms with Gasteiger partial charge in [0.05, 0.1) is 12.4 Å². The Balaban J connectivity index is 1.25. The number of piperazine rings is 1. The third-order valence-electron chi connectivity index (χ3n) is 6.28. The van der Waals surface area contributed by atoms with Crippen molar-refractivity contribution in [3.63, 3.8) is 0 Å². The van der Waals surface area contributed by atoms with E-state index in [0.717, 1.165) is 29.8 Å². The number of piperidine rings is 1. The average Bonchev–Trinajstić information content (AvgIpc) is 3.08. The van der Waals surface area contributed by atoms with Crippen molar-refractivity contribution >= 4 is 50.7 Å². The number of rotatable bonds is 3. The van der Waals surface area contributed by atoms with Crippen molar-refractivity contribution in [3.8, 4) is 0 Å². The van der Waals surface area contributed by atoms with E-state index < -0.39 is 6.09 Å². The Bertz CT molecular complexity index is 1070. The van der Waals surface area contributed by atoms with Gasteiger partial charge in [-0.25, -0.2) is 4.79 Å². The molecule has 5 rings (SSSR count). The van der Waals surface area contributed by atoms with E-state index >= 15 is 0 Å². The van der Waals surface area contributed by atoms with Crippen molar-refractivity contribution in [2.24, 2.45) is 15.9 Å². The molecule has 0 saturated carbocycles. The molecule has 4 heterocycles. The van der Waals surface area contributed by atoms with Crippen molar-refractivity contribution in [3.05, 3.63) is 59.7 Å². The Hall–Kier alpha value is -2.49. The summed E-state index contributed by atoms with van der Waals surface area (Å²) in [6, 6.07) is 9.49. The van der Waals surface area contributed by atoms with Gasteiger partial charge in [0, 0.05) is 41.0 Å². The molecule has 0 aromatic heterocycles. The number of halogens is 2. The number of hydrogen-bond donors (Lipinski definition) is 0. The maximum absolute atomic E-state index is 12.9. The van der Waals surface area contributed by atoms with Crippen LogP contribution in [0.2, 0.25) is 0 Å². The van der Waals surface area contributed by atoms with Crippen molar-refractivity contribution in [2.45, 2.75) is 25.5 Å². The molecule has 32 heavy (non-hydrogen) atoms. The molecule has 1 aromatic carbocycles. The highest BCUT2D eigenvalue weighted by Gasteiger charge is 2.48. The van der Waals surface area contributed by atoms with Crippen molar-refractivity contribution in [2.75, 3.05) is 19.6 Å². The SMILES string of the molecule is O=C(OCc1ccccc1)N1CC(=O)N2CC(C3=C4C=NC=C[N+]4(Cl)C(Br)=N3)CCC2C1. The van der Waals surface area contributed by atoms with Crippen molar-refractivity contribution in [1.82, 2.24) is 9.80 Å². The lowest BCUT2D eigenvalue weighted by Gasteiger charge is -2.45. The molecule has 3 atom stereocenters. The van der Waals surface area contributed by atoms with E-state index in [1.807, 2.05) is 35.2 Å². The van der Waals surface area contributed by atoms with E-state index in [1.165, 1.54) is 4.90 Å². The van der Waals surface area contributed by atoms with Crippen LogP contribution in [0.4, 0.5) is 4.79 Å². The summed E-state index contributed by atoms with van der Waals surface area (Å²) >= 11 is 10.2. The minimum absolute atomic E-state index is 0.0219. The molecule has 1 aromatic rings. The molecule has 166 valence electrons. The zero-order chi connectivity index (χ0) is 22.3. The fraction of sp³-hybridized carbons (Fsp3) is 0.364. The molecule has 2 amide bonds. The summed E-state index contributed by atoms with van der Waals surface area (Å²) in [5.41, 5.74) is 2.58. The molecular weight excluding hydrogens is 498 g/mol. The fourth-order valence-corrected chi connectivity index (χ4v) is 5.32. The highest BCUT2D eigenvalue weighted by Crippen LogP contribution is 2.42. The predicted octanol–water partition coefficient (Wildman–Crippen LogP) is 3.75. The maximum Gasteiger partial charge on any atom is 0.410 e. The van der Waals surface area contributed by atoms with Crippen LogP contribution in [0.15, 0.2) is 64.1 Å². The van der Waals surface area contributed by atoms with Crippen LogP contribution >= 0.6 is 27.7 Å². The third kappa shape index (κ3) is 3.78. The number of nitrogens with zero attached hydrogens (tertiary/aromatic N) is 5. The largest absolute Gasteiger partial charge is 0.445 e. The zero-order valence-electron chi connectivity index (χ0n) is 17.2. The summed E-state index contributed by atoms with van der Waals surface area (Å²) in [4.78, 5) is 37.8. The highest BCUT2D eigenvalue weighted by atomic mass is 79.9. The van der Waals surface area contributed by atoms with Gasteiger partial charge in [-0.05, 0) is 18.4 Å². The number of amides is 2. The Morgan fingerprint density at radius 2 is 2.06 bits per heavy atom. The summed E-state index contributed by atoms with van der Waals surface area (Å²) in [5, 5.41) is 0. The van der Waals surface area contributed by atoms with Crippen LogP contribution in [0.3, 0.4) is 0 Å². The summed E-state index contributed by atoms with van der Waals surface area (Å²) in [6.45, 7) is 1.24. The fourth-order valence-electron chi connectivity index (χ4n) is 4.60. The van der Waals surface area contributed by atoms with Crippen LogP contribution in [0.5, 0.6) is 0 Å². The molecule has 0 aliphatic carbocycles. The number of aliphatic imine (C=N–C) groups is 2. The summed E-state index contributed by atoms with van der Waals surface area (Å²) in [6.07, 6.45) is 6.30. The monoisotopic (exact) mass is 518 g/mol. The van der Waals surface area contributed by atoms with E-state index in [4.69, 9.17) is 16.5 Å². The molecule has 0 N–H and O–H groups in total. The number of hydrogen-bond acceptors (Lipinski definition) is 5. The smallest absolute Gasteiger partial charge is 0.410 e. The average molecular weight is 520 g/mol. The Kier molecular flexibility index (Phi) is 5.65. The third-order valence-corrected chi connectivity index (χ3v) is 7.68. The molecular formula is C22H22BrClN5O3+. The molecule has 4 aliphatic heterocycles. The lowest BCUT2D eigenvalue weighted by Crippen LogP contribution is -2.60. The first-order valence-electron chi connectivity index (χ1n) is 10.5. The highest BCUT2D eigenvalue weighted by molar-refractivity contribution is 9.18. The van der Waals surface area contributed by atoms with Crippen molar-refractivity contribution in [1.29, 1.82) is 0 Å². The van der Waals surface area contributed by atoms with Crippen LogP contribution in [-0.2, 0) is 16.1 Å². The van der Waals surface area contributed by atoms with Gasteiger partial charge in [-0.15, -0.1) is 4.00 Å². The Morgan fingerprint density at radius 3 is 2.88 bits per heavy atom. The van der Waals surface area contributed by atoms with Crippen LogP contribution in [0, 0.1) is 5.92 Å². The number of amidine groups is 1. The molecule has 2 fully saturated rings. The number of ether oxygens (including phenoxy) is 1. The van der Waals surface area contributed by atoms with Gasteiger partial charge < -0.3 is 9.64 Å². The molecule has 4 aliphatic rings. The summed E-state index contributed by atoms with van der Waals surface area (Å²) < 4.78 is 5.96. The second-order valence-electron chi connectivity index (χ2n) is 8.26. The second kappa shape index (κ2) is 8.46. The number of carbonyl (C=O) groups excluding carboxylic acids is 2. The molecule has 8 nitrogen and oxygen atoms in total. The number of benzene rings is 1. The molecule has 0 bridgehead atoms. The van der Waals surface area contributed by atoms with Gasteiger partial charge >= 0.3 is 6.09 Å². The van der Waals surface area contributed by atoms with Crippen LogP contribution in [-0.4, -0.2) is 62.4 Å². The first-order chi connectivity index (χ1) is 15.5. The lowest BCUT2D eigenvalue weighted by molar-refractivity contribution is -0.595. The molecule has 2 saturated heterocycles. The van der Waals surface area contributed by atoms with Crippen LogP contribution in [0.1, 0.15) is 18.4 Å². The van der Waals surface area contributed by atoms with Gasteiger partial charge in [0.15, 0.2) is 11.8 Å². The van der Waals surface area contributed by atoms with Crippen LogP contribution < -0.4 is 0 Å². The number of fused-ring (bicyclic) bond motifs is 2. The van der Waals surface area contributed by atoms with E-state index in [9.17, 15) is 9.59 Å². The van der Waals surface area contributed by atoms with E-state index in [2.05, 4.69) is 25.9 Å². The van der Waals surface area contributed by atoms with Crippen LogP contribution in [0.25, 0.3) is 0 Å². The van der Waals surface area contributed by atoms with E-state index in [0.29, 0.717) is 17.8 Å². The molecule has 0 spiro atoms. The van der Waals surface area contributed by atoms with E-state index in [1.54, 1.807) is 18.6 Å². The molecule has 10 heteroatoms. The molecule has 0 radical (unpaired) electrons. The lowest BCUT2D eigenvalue weighted by atomic mass is 9.88. The van der Waals surface area contributed by atoms with Gasteiger partial charge in [0.2, 0.25) is 11.6 Å². The zero-order valence-corrected chi connectivity index (χ0v) is 19.6. The first-order valence-corrected chi connectivity index (χ1v) is 11.6. The van der Waals surface area contributed by atoms with Gasteiger partial charge in [-0.1, -0.05) is 30.3 Å². The predicted molar refractivity (Wildman–Crippen MR) is 124 cm³/mol. The topological polar surface area (TPSA) is 74.6 Å². The minimum atomic E-state index is -0.451. The standard InChI is InChI=1S/C22H22BrClN5O3/c23-21-26-20(18-10-25-8-9-29(18,21)24)16-6-7-17-12-27(13-19(30)28(17)11-16)22(31)32-14-15-4-2-1-3-5-15/h1-5,8-10,16-17H,6-7,11-14H2/q+1. The van der Waals surface area contributed by atoms with Gasteiger partial charge in [0.25, 0.3) is 4.74 Å². The minimum Gasteiger partial charge on any atom is -0.445 e. The number of allylic oxidation sites excluding steroid dienone is 1. The number of quaternary nitrogens is 1. The quantitative estimate of drug-likeness (QED) is 0.451. The van der Waals surface area contributed by atoms with Gasteiger partial charge in [-0.2, -0.15) is 4.99 Å². The maximum atomic E-state index is 12.9. The second-order valence-corrected chi connectivity index (χ2v) is 9.50. The normalized spacial score (nSPS) is 29.1. The van der Waals surface area contributed by atoms with Gasteiger partial charge in [-0.3, -0.25) is 14.7 Å². The molecule has 3 unspecified atom stereocenters.